The van der Waals surface area contributed by atoms with E-state index in [4.69, 9.17) is 38.9 Å². The van der Waals surface area contributed by atoms with Gasteiger partial charge in [-0.3, -0.25) is 19.8 Å². The van der Waals surface area contributed by atoms with Gasteiger partial charge < -0.3 is 18.9 Å². The predicted molar refractivity (Wildman–Crippen MR) is 260 cm³/mol. The standard InChI is InChI=1S/C56H60N6O4/c1-5-35-33-61-27-23-39(35)29-49(61)52(43-21-25-57-47-19-17-41(63-3)31-45(43)47)65-55-51(37-13-9-7-10-14-37)56(60-54(59-55)38-15-11-8-12-16-38)66-53(50-30-40-24-28-62(50)34-36(40)6-2)44-22-26-58-48-20-18-42(64-4)32-46(44)48/h7-22,25-26,31-32,35-36,39-40,49-50,52-53H,5-6,23-24,27-30,33-34H2,1-4H3/t35-,36-,39?,40?,49+,50+,52-,53-/m0/s1. The van der Waals surface area contributed by atoms with Crippen molar-refractivity contribution in [3.05, 3.63) is 133 Å². The molecule has 6 aliphatic heterocycles. The maximum absolute atomic E-state index is 7.76. The fraction of sp³-hybridized carbons (Fsp3) is 0.393. The van der Waals surface area contributed by atoms with Crippen molar-refractivity contribution in [1.82, 2.24) is 29.7 Å². The summed E-state index contributed by atoms with van der Waals surface area (Å²) in [5, 5.41) is 2.02. The molecule has 0 aliphatic carbocycles. The topological polar surface area (TPSA) is 95.0 Å². The highest BCUT2D eigenvalue weighted by atomic mass is 16.5. The van der Waals surface area contributed by atoms with E-state index in [0.29, 0.717) is 41.3 Å². The van der Waals surface area contributed by atoms with Crippen LogP contribution >= 0.6 is 0 Å². The average Bonchev–Trinajstić information content (AvgIpc) is 3.39. The molecule has 13 rings (SSSR count). The first kappa shape index (κ1) is 42.5. The number of hydrogen-bond donors (Lipinski definition) is 0. The molecule has 0 amide bonds. The van der Waals surface area contributed by atoms with Crippen molar-refractivity contribution < 1.29 is 18.9 Å². The van der Waals surface area contributed by atoms with Crippen LogP contribution in [0.15, 0.2) is 122 Å². The third kappa shape index (κ3) is 7.91. The van der Waals surface area contributed by atoms with Crippen LogP contribution in [0.2, 0.25) is 0 Å². The van der Waals surface area contributed by atoms with Gasteiger partial charge in [0.15, 0.2) is 5.82 Å². The maximum atomic E-state index is 7.76. The maximum Gasteiger partial charge on any atom is 0.229 e. The fourth-order valence-electron chi connectivity index (χ4n) is 12.1. The third-order valence-electron chi connectivity index (χ3n) is 15.6. The molecule has 338 valence electrons. The first-order valence-corrected chi connectivity index (χ1v) is 24.2. The minimum atomic E-state index is -0.393. The lowest BCUT2D eigenvalue weighted by atomic mass is 9.72. The van der Waals surface area contributed by atoms with Gasteiger partial charge >= 0.3 is 0 Å². The Kier molecular flexibility index (Phi) is 11.8. The smallest absolute Gasteiger partial charge is 0.229 e. The van der Waals surface area contributed by atoms with E-state index in [-0.39, 0.29) is 12.1 Å². The SMILES string of the molecule is CC[C@H]1CN2CCC1C[C@@H]2[C@@H](Oc1nc(-c2ccccc2)nc(O[C@@H](c2ccnc3ccc(OC)cc23)[C@H]2CC3CCN2C[C@@H]3CC)c1-c1ccccc1)c1ccnc2ccc(OC)cc12. The molecule has 10 nitrogen and oxygen atoms in total. The molecule has 4 aromatic carbocycles. The Labute approximate surface area is 388 Å². The molecule has 0 saturated carbocycles. The van der Waals surface area contributed by atoms with Crippen molar-refractivity contribution in [2.45, 2.75) is 76.7 Å². The predicted octanol–water partition coefficient (Wildman–Crippen LogP) is 11.4. The molecule has 3 aromatic heterocycles. The lowest BCUT2D eigenvalue weighted by molar-refractivity contribution is -0.0510. The molecule has 6 fully saturated rings. The van der Waals surface area contributed by atoms with Crippen LogP contribution < -0.4 is 18.9 Å². The zero-order valence-corrected chi connectivity index (χ0v) is 38.6. The minimum absolute atomic E-state index is 0.106. The van der Waals surface area contributed by atoms with Crippen molar-refractivity contribution in [2.75, 3.05) is 40.4 Å². The molecule has 9 heterocycles. The van der Waals surface area contributed by atoms with Crippen LogP contribution in [0.5, 0.6) is 23.3 Å². The fourth-order valence-corrected chi connectivity index (χ4v) is 12.1. The number of fused-ring (bicyclic) bond motifs is 8. The molecule has 0 spiro atoms. The Hall–Kier alpha value is -6.10. The molecule has 10 heteroatoms. The van der Waals surface area contributed by atoms with Crippen molar-refractivity contribution in [1.29, 1.82) is 0 Å². The molecule has 4 bridgehead atoms. The van der Waals surface area contributed by atoms with E-state index in [1.807, 2.05) is 54.9 Å². The molecule has 0 N–H and O–H groups in total. The van der Waals surface area contributed by atoms with Crippen LogP contribution in [0.3, 0.4) is 0 Å². The van der Waals surface area contributed by atoms with Gasteiger partial charge in [0.1, 0.15) is 29.3 Å². The van der Waals surface area contributed by atoms with Crippen LogP contribution in [0, 0.1) is 23.7 Å². The van der Waals surface area contributed by atoms with Gasteiger partial charge in [0.25, 0.3) is 0 Å². The lowest BCUT2D eigenvalue weighted by Gasteiger charge is -2.52. The van der Waals surface area contributed by atoms with E-state index in [2.05, 4.69) is 90.4 Å². The zero-order chi connectivity index (χ0) is 44.7. The highest BCUT2D eigenvalue weighted by molar-refractivity contribution is 5.85. The molecule has 7 aromatic rings. The van der Waals surface area contributed by atoms with Gasteiger partial charge in [-0.1, -0.05) is 87.4 Å². The summed E-state index contributed by atoms with van der Waals surface area (Å²) >= 11 is 0. The molecule has 0 radical (unpaired) electrons. The van der Waals surface area contributed by atoms with E-state index >= 15 is 0 Å². The van der Waals surface area contributed by atoms with E-state index in [1.54, 1.807) is 14.2 Å². The Bertz CT molecular complexity index is 2680. The summed E-state index contributed by atoms with van der Waals surface area (Å²) in [4.78, 5) is 26.0. The highest BCUT2D eigenvalue weighted by Crippen LogP contribution is 2.50. The number of hydrogen-bond acceptors (Lipinski definition) is 10. The van der Waals surface area contributed by atoms with Gasteiger partial charge in [-0.15, -0.1) is 0 Å². The monoisotopic (exact) mass is 880 g/mol. The molecule has 6 aliphatic rings. The Balaban J connectivity index is 1.13. The normalized spacial score (nSPS) is 25.4. The van der Waals surface area contributed by atoms with Crippen LogP contribution in [0.25, 0.3) is 44.3 Å². The van der Waals surface area contributed by atoms with Gasteiger partial charge in [-0.25, -0.2) is 0 Å². The average molecular weight is 881 g/mol. The zero-order valence-electron chi connectivity index (χ0n) is 38.6. The van der Waals surface area contributed by atoms with Crippen molar-refractivity contribution >= 4 is 21.8 Å². The molecule has 6 saturated heterocycles. The summed E-state index contributed by atoms with van der Waals surface area (Å²) < 4.78 is 27.2. The molecule has 4 unspecified atom stereocenters. The van der Waals surface area contributed by atoms with Gasteiger partial charge in [0.2, 0.25) is 11.8 Å². The Morgan fingerprint density at radius 2 is 1.05 bits per heavy atom. The molecular formula is C56H60N6O4. The first-order valence-electron chi connectivity index (χ1n) is 24.2. The van der Waals surface area contributed by atoms with Crippen molar-refractivity contribution in [3.8, 4) is 45.8 Å². The van der Waals surface area contributed by atoms with E-state index < -0.39 is 12.2 Å². The van der Waals surface area contributed by atoms with Gasteiger partial charge in [-0.05, 0) is 117 Å². The number of rotatable bonds is 14. The van der Waals surface area contributed by atoms with E-state index in [9.17, 15) is 0 Å². The lowest BCUT2D eigenvalue weighted by Crippen LogP contribution is -2.56. The first-order chi connectivity index (χ1) is 32.5. The van der Waals surface area contributed by atoms with Crippen molar-refractivity contribution in [2.24, 2.45) is 23.7 Å². The second-order valence-corrected chi connectivity index (χ2v) is 18.9. The summed E-state index contributed by atoms with van der Waals surface area (Å²) in [6.45, 7) is 8.88. The minimum Gasteiger partial charge on any atom is -0.497 e. The summed E-state index contributed by atoms with van der Waals surface area (Å²) in [6, 6.07) is 37.4. The number of methoxy groups -OCH3 is 2. The molecule has 66 heavy (non-hydrogen) atoms. The number of piperidine rings is 6. The summed E-state index contributed by atoms with van der Waals surface area (Å²) in [5.74, 6) is 5.70. The molecule has 10 atom stereocenters. The Morgan fingerprint density at radius 3 is 1.47 bits per heavy atom. The van der Waals surface area contributed by atoms with E-state index in [1.165, 1.54) is 25.7 Å². The second-order valence-electron chi connectivity index (χ2n) is 18.9. The van der Waals surface area contributed by atoms with Crippen molar-refractivity contribution in [3.63, 3.8) is 0 Å². The Morgan fingerprint density at radius 1 is 0.576 bits per heavy atom. The molecular weight excluding hydrogens is 821 g/mol. The van der Waals surface area contributed by atoms with Gasteiger partial charge in [-0.2, -0.15) is 9.97 Å². The quantitative estimate of drug-likeness (QED) is 0.105. The largest absolute Gasteiger partial charge is 0.497 e. The number of nitrogens with zero attached hydrogens (tertiary/aromatic N) is 6. The number of ether oxygens (including phenoxy) is 4. The summed E-state index contributed by atoms with van der Waals surface area (Å²) in [6.07, 6.45) is 9.90. The number of benzene rings is 4. The van der Waals surface area contributed by atoms with Crippen LogP contribution in [0.1, 0.15) is 75.7 Å². The number of aromatic nitrogens is 4. The van der Waals surface area contributed by atoms with Gasteiger partial charge in [0, 0.05) is 52.9 Å². The number of pyridine rings is 2. The highest BCUT2D eigenvalue weighted by Gasteiger charge is 2.47. The second kappa shape index (κ2) is 18.3. The summed E-state index contributed by atoms with van der Waals surface area (Å²) in [5.41, 5.74) is 6.48. The van der Waals surface area contributed by atoms with E-state index in [0.717, 1.165) is 100 Å². The van der Waals surface area contributed by atoms with Gasteiger partial charge in [0.05, 0.1) is 37.3 Å². The third-order valence-corrected chi connectivity index (χ3v) is 15.6. The van der Waals surface area contributed by atoms with Crippen LogP contribution in [-0.2, 0) is 0 Å². The summed E-state index contributed by atoms with van der Waals surface area (Å²) in [7, 11) is 3.44. The van der Waals surface area contributed by atoms with Crippen LogP contribution in [0.4, 0.5) is 0 Å². The van der Waals surface area contributed by atoms with Crippen LogP contribution in [-0.4, -0.2) is 82.2 Å².